The van der Waals surface area contributed by atoms with E-state index < -0.39 is 12.2 Å². The number of para-hydroxylation sites is 1. The minimum atomic E-state index is -4.41. The summed E-state index contributed by atoms with van der Waals surface area (Å²) in [5, 5.41) is 0. The van der Waals surface area contributed by atoms with Crippen molar-refractivity contribution in [3.63, 3.8) is 0 Å². The lowest BCUT2D eigenvalue weighted by Crippen LogP contribution is -2.45. The molecule has 1 saturated heterocycles. The Hall–Kier alpha value is -1.27. The number of halogens is 3. The number of likely N-dealkylation sites (N-methyl/N-ethyl adjacent to an activating group) is 1. The molecule has 2 rings (SSSR count). The molecule has 0 amide bonds. The molecule has 1 heterocycles. The molecule has 0 radical (unpaired) electrons. The van der Waals surface area contributed by atoms with Crippen LogP contribution in [0.15, 0.2) is 24.3 Å². The number of nitrogens with two attached hydrogens (primary N) is 1. The molecule has 0 spiro atoms. The Bertz CT molecular complexity index is 425. The van der Waals surface area contributed by atoms with Crippen LogP contribution in [0, 0.1) is 0 Å². The highest BCUT2D eigenvalue weighted by Gasteiger charge is 2.39. The van der Waals surface area contributed by atoms with Gasteiger partial charge in [-0.15, -0.1) is 0 Å². The third kappa shape index (κ3) is 3.19. The van der Waals surface area contributed by atoms with E-state index >= 15 is 0 Å². The summed E-state index contributed by atoms with van der Waals surface area (Å²) < 4.78 is 38.4. The molecule has 0 aromatic heterocycles. The van der Waals surface area contributed by atoms with Gasteiger partial charge in [0.25, 0.3) is 0 Å². The van der Waals surface area contributed by atoms with Crippen LogP contribution in [-0.4, -0.2) is 44.3 Å². The molecule has 1 aromatic rings. The van der Waals surface area contributed by atoms with Gasteiger partial charge in [0, 0.05) is 37.4 Å². The summed E-state index contributed by atoms with van der Waals surface area (Å²) in [5.74, 6) is 0. The van der Waals surface area contributed by atoms with Crippen LogP contribution >= 0.6 is 0 Å². The van der Waals surface area contributed by atoms with Gasteiger partial charge in [0.2, 0.25) is 0 Å². The van der Waals surface area contributed by atoms with Gasteiger partial charge in [-0.3, -0.25) is 0 Å². The molecule has 0 aliphatic carbocycles. The van der Waals surface area contributed by atoms with Crippen LogP contribution in [0.4, 0.5) is 18.9 Å². The van der Waals surface area contributed by atoms with Crippen LogP contribution in [-0.2, 0) is 0 Å². The summed E-state index contributed by atoms with van der Waals surface area (Å²) >= 11 is 0. The number of hydrogen-bond acceptors (Lipinski definition) is 3. The molecule has 1 aliphatic rings. The lowest BCUT2D eigenvalue weighted by molar-refractivity contribution is -0.149. The maximum Gasteiger partial charge on any atom is 0.407 e. The second-order valence-electron chi connectivity index (χ2n) is 4.87. The van der Waals surface area contributed by atoms with E-state index in [0.29, 0.717) is 5.69 Å². The summed E-state index contributed by atoms with van der Waals surface area (Å²) in [6.07, 6.45) is -4.41. The normalized spacial score (nSPS) is 19.5. The van der Waals surface area contributed by atoms with Crippen molar-refractivity contribution >= 4 is 5.69 Å². The first-order chi connectivity index (χ1) is 8.89. The Morgan fingerprint density at radius 1 is 1.11 bits per heavy atom. The Morgan fingerprint density at radius 2 is 1.68 bits per heavy atom. The number of nitrogens with zero attached hydrogens (tertiary/aromatic N) is 2. The number of piperazine rings is 1. The third-order valence-corrected chi connectivity index (χ3v) is 3.47. The van der Waals surface area contributed by atoms with E-state index in [-0.39, 0.29) is 5.56 Å². The smallest absolute Gasteiger partial charge is 0.369 e. The number of benzene rings is 1. The average Bonchev–Trinajstić information content (AvgIpc) is 2.38. The fourth-order valence-electron chi connectivity index (χ4n) is 2.26. The van der Waals surface area contributed by atoms with E-state index in [4.69, 9.17) is 5.73 Å². The lowest BCUT2D eigenvalue weighted by atomic mass is 10.0. The molecule has 1 aliphatic heterocycles. The molecule has 1 fully saturated rings. The number of rotatable bonds is 2. The third-order valence-electron chi connectivity index (χ3n) is 3.47. The van der Waals surface area contributed by atoms with Gasteiger partial charge in [-0.1, -0.05) is 18.2 Å². The van der Waals surface area contributed by atoms with Crippen molar-refractivity contribution in [3.8, 4) is 0 Å². The molecule has 0 saturated carbocycles. The van der Waals surface area contributed by atoms with Crippen molar-refractivity contribution in [2.24, 2.45) is 5.73 Å². The second-order valence-corrected chi connectivity index (χ2v) is 4.87. The van der Waals surface area contributed by atoms with Crippen LogP contribution < -0.4 is 10.6 Å². The quantitative estimate of drug-likeness (QED) is 0.894. The molecular weight excluding hydrogens is 255 g/mol. The molecular formula is C13H18F3N3. The van der Waals surface area contributed by atoms with E-state index in [9.17, 15) is 13.2 Å². The highest BCUT2D eigenvalue weighted by molar-refractivity contribution is 5.55. The molecule has 1 atom stereocenters. The number of hydrogen-bond donors (Lipinski definition) is 1. The Balaban J connectivity index is 2.26. The molecule has 2 N–H and O–H groups in total. The highest BCUT2D eigenvalue weighted by Crippen LogP contribution is 2.35. The van der Waals surface area contributed by atoms with Gasteiger partial charge in [0.15, 0.2) is 0 Å². The standard InChI is InChI=1S/C13H18F3N3/c1-18-6-8-19(9-7-18)11-5-3-2-4-10(11)12(17)13(14,15)16/h2-5,12H,6-9,17H2,1H3/t12-/m1/s1. The predicted octanol–water partition coefficient (Wildman–Crippen LogP) is 2.00. The first kappa shape index (κ1) is 14.1. The van der Waals surface area contributed by atoms with E-state index in [2.05, 4.69) is 4.90 Å². The van der Waals surface area contributed by atoms with Crippen LogP contribution in [0.25, 0.3) is 0 Å². The first-order valence-electron chi connectivity index (χ1n) is 6.24. The van der Waals surface area contributed by atoms with Gasteiger partial charge >= 0.3 is 6.18 Å². The SMILES string of the molecule is CN1CCN(c2ccccc2[C@@H](N)C(F)(F)F)CC1. The molecule has 0 bridgehead atoms. The van der Waals surface area contributed by atoms with Gasteiger partial charge in [-0.05, 0) is 13.1 Å². The van der Waals surface area contributed by atoms with Gasteiger partial charge in [0.1, 0.15) is 6.04 Å². The second kappa shape index (κ2) is 5.38. The Kier molecular flexibility index (Phi) is 4.01. The zero-order chi connectivity index (χ0) is 14.0. The minimum absolute atomic E-state index is 0.152. The lowest BCUT2D eigenvalue weighted by Gasteiger charge is -2.36. The summed E-state index contributed by atoms with van der Waals surface area (Å²) in [5.41, 5.74) is 6.09. The summed E-state index contributed by atoms with van der Waals surface area (Å²) in [6.45, 7) is 3.13. The fraction of sp³-hybridized carbons (Fsp3) is 0.538. The van der Waals surface area contributed by atoms with Gasteiger partial charge in [-0.25, -0.2) is 0 Å². The van der Waals surface area contributed by atoms with Crippen molar-refractivity contribution in [2.45, 2.75) is 12.2 Å². The maximum absolute atomic E-state index is 12.8. The predicted molar refractivity (Wildman–Crippen MR) is 69.1 cm³/mol. The first-order valence-corrected chi connectivity index (χ1v) is 6.24. The Labute approximate surface area is 110 Å². The van der Waals surface area contributed by atoms with Crippen molar-refractivity contribution in [2.75, 3.05) is 38.1 Å². The van der Waals surface area contributed by atoms with Crippen LogP contribution in [0.5, 0.6) is 0 Å². The van der Waals surface area contributed by atoms with Crippen molar-refractivity contribution in [1.82, 2.24) is 4.90 Å². The molecule has 1 aromatic carbocycles. The maximum atomic E-state index is 12.8. The summed E-state index contributed by atoms with van der Waals surface area (Å²) in [7, 11) is 2.00. The van der Waals surface area contributed by atoms with Crippen LogP contribution in [0.1, 0.15) is 11.6 Å². The summed E-state index contributed by atoms with van der Waals surface area (Å²) in [4.78, 5) is 4.13. The fourth-order valence-corrected chi connectivity index (χ4v) is 2.26. The van der Waals surface area contributed by atoms with Gasteiger partial charge < -0.3 is 15.5 Å². The van der Waals surface area contributed by atoms with Crippen LogP contribution in [0.2, 0.25) is 0 Å². The van der Waals surface area contributed by atoms with Gasteiger partial charge in [0.05, 0.1) is 0 Å². The molecule has 3 nitrogen and oxygen atoms in total. The van der Waals surface area contributed by atoms with Crippen molar-refractivity contribution < 1.29 is 13.2 Å². The van der Waals surface area contributed by atoms with E-state index in [0.717, 1.165) is 26.2 Å². The van der Waals surface area contributed by atoms with Crippen molar-refractivity contribution in [3.05, 3.63) is 29.8 Å². The average molecular weight is 273 g/mol. The molecule has 106 valence electrons. The van der Waals surface area contributed by atoms with E-state index in [1.807, 2.05) is 11.9 Å². The Morgan fingerprint density at radius 3 is 2.26 bits per heavy atom. The van der Waals surface area contributed by atoms with Gasteiger partial charge in [-0.2, -0.15) is 13.2 Å². The number of anilines is 1. The van der Waals surface area contributed by atoms with Crippen molar-refractivity contribution in [1.29, 1.82) is 0 Å². The van der Waals surface area contributed by atoms with E-state index in [1.54, 1.807) is 18.2 Å². The zero-order valence-corrected chi connectivity index (χ0v) is 10.8. The zero-order valence-electron chi connectivity index (χ0n) is 10.8. The minimum Gasteiger partial charge on any atom is -0.369 e. The molecule has 6 heteroatoms. The topological polar surface area (TPSA) is 32.5 Å². The monoisotopic (exact) mass is 273 g/mol. The van der Waals surface area contributed by atoms with Crippen LogP contribution in [0.3, 0.4) is 0 Å². The van der Waals surface area contributed by atoms with E-state index in [1.165, 1.54) is 6.07 Å². The molecule has 19 heavy (non-hydrogen) atoms. The number of alkyl halides is 3. The molecule has 0 unspecified atom stereocenters. The highest BCUT2D eigenvalue weighted by atomic mass is 19.4. The summed E-state index contributed by atoms with van der Waals surface area (Å²) in [6, 6.07) is 4.60. The largest absolute Gasteiger partial charge is 0.407 e.